The smallest absolute Gasteiger partial charge is 0.191 e. The molecule has 8 nitrogen and oxygen atoms in total. The van der Waals surface area contributed by atoms with Gasteiger partial charge >= 0.3 is 0 Å². The normalized spacial score (nSPS) is 9.83. The van der Waals surface area contributed by atoms with E-state index in [9.17, 15) is 20.4 Å². The minimum absolute atomic E-state index is 0. The van der Waals surface area contributed by atoms with Gasteiger partial charge in [-0.3, -0.25) is 0 Å². The maximum Gasteiger partial charge on any atom is 0.191 e. The summed E-state index contributed by atoms with van der Waals surface area (Å²) in [6.45, 7) is 8.71. The predicted molar refractivity (Wildman–Crippen MR) is 183 cm³/mol. The SMILES string of the molecule is CCCCCc1cc[nH]c1O.CCCCCc1cc[nH]c1O.CCCCCc1cc[nH]c1O.CCCCCc1cc[nH]c1O.[Mn].[Zn]. The van der Waals surface area contributed by atoms with Gasteiger partial charge in [-0.1, -0.05) is 79.1 Å². The van der Waals surface area contributed by atoms with Crippen LogP contribution < -0.4 is 0 Å². The quantitative estimate of drug-likeness (QED) is 0.0428. The number of aromatic amines is 4. The Hall–Kier alpha value is -2.54. The maximum atomic E-state index is 9.19. The maximum absolute atomic E-state index is 9.19. The van der Waals surface area contributed by atoms with Gasteiger partial charge in [-0.25, -0.2) is 0 Å². The second-order valence-electron chi connectivity index (χ2n) is 11.2. The molecule has 0 aliphatic rings. The molecule has 0 saturated carbocycles. The van der Waals surface area contributed by atoms with Gasteiger partial charge in [-0.15, -0.1) is 0 Å². The average Bonchev–Trinajstić information content (AvgIpc) is 3.82. The van der Waals surface area contributed by atoms with E-state index in [1.807, 2.05) is 24.3 Å². The molecule has 0 spiro atoms. The van der Waals surface area contributed by atoms with Crippen LogP contribution in [0, 0.1) is 0 Å². The summed E-state index contributed by atoms with van der Waals surface area (Å²) < 4.78 is 0. The number of aromatic nitrogens is 4. The van der Waals surface area contributed by atoms with Crippen molar-refractivity contribution >= 4 is 0 Å². The number of aryl methyl sites for hydroxylation is 4. The van der Waals surface area contributed by atoms with Gasteiger partial charge in [0.1, 0.15) is 0 Å². The average molecular weight is 733 g/mol. The number of H-pyrrole nitrogens is 4. The van der Waals surface area contributed by atoms with Gasteiger partial charge in [-0.2, -0.15) is 0 Å². The van der Waals surface area contributed by atoms with Crippen molar-refractivity contribution in [1.29, 1.82) is 0 Å². The van der Waals surface area contributed by atoms with Crippen LogP contribution in [0.5, 0.6) is 23.5 Å². The largest absolute Gasteiger partial charge is 0.494 e. The number of aromatic hydroxyl groups is 4. The summed E-state index contributed by atoms with van der Waals surface area (Å²) in [5.41, 5.74) is 4.16. The predicted octanol–water partition coefficient (Wildman–Crippen LogP) is 9.81. The van der Waals surface area contributed by atoms with Gasteiger partial charge in [0.15, 0.2) is 23.5 Å². The Bertz CT molecular complexity index is 1020. The molecule has 0 amide bonds. The van der Waals surface area contributed by atoms with Crippen LogP contribution >= 0.6 is 0 Å². The monoisotopic (exact) mass is 731 g/mol. The Morgan fingerprint density at radius 3 is 0.717 bits per heavy atom. The summed E-state index contributed by atoms with van der Waals surface area (Å²) in [6.07, 6.45) is 25.6. The first-order valence-corrected chi connectivity index (χ1v) is 16.8. The number of hydrogen-bond acceptors (Lipinski definition) is 4. The summed E-state index contributed by atoms with van der Waals surface area (Å²) >= 11 is 0. The molecule has 257 valence electrons. The van der Waals surface area contributed by atoms with Gasteiger partial charge in [0.05, 0.1) is 0 Å². The number of nitrogens with one attached hydrogen (secondary N) is 4. The first-order valence-electron chi connectivity index (χ1n) is 16.8. The van der Waals surface area contributed by atoms with Gasteiger partial charge in [0.2, 0.25) is 0 Å². The molecular formula is C36H60MnN4O4Zn. The van der Waals surface area contributed by atoms with Crippen molar-refractivity contribution < 1.29 is 57.0 Å². The van der Waals surface area contributed by atoms with Crippen LogP contribution in [-0.4, -0.2) is 40.4 Å². The fraction of sp³-hybridized carbons (Fsp3) is 0.556. The Morgan fingerprint density at radius 2 is 0.587 bits per heavy atom. The van der Waals surface area contributed by atoms with Crippen molar-refractivity contribution in [3.05, 3.63) is 71.3 Å². The molecule has 1 radical (unpaired) electrons. The second kappa shape index (κ2) is 29.8. The molecule has 0 unspecified atom stereocenters. The number of unbranched alkanes of at least 4 members (excludes halogenated alkanes) is 8. The molecular weight excluding hydrogens is 673 g/mol. The molecule has 46 heavy (non-hydrogen) atoms. The van der Waals surface area contributed by atoms with Crippen molar-refractivity contribution in [2.45, 2.75) is 130 Å². The van der Waals surface area contributed by atoms with E-state index in [0.29, 0.717) is 23.5 Å². The molecule has 0 bridgehead atoms. The fourth-order valence-corrected chi connectivity index (χ4v) is 4.64. The number of rotatable bonds is 16. The zero-order valence-corrected chi connectivity index (χ0v) is 33.0. The molecule has 8 N–H and O–H groups in total. The molecule has 0 aliphatic carbocycles. The van der Waals surface area contributed by atoms with Crippen LogP contribution in [0.2, 0.25) is 0 Å². The molecule has 0 atom stereocenters. The third kappa shape index (κ3) is 20.6. The number of hydrogen-bond donors (Lipinski definition) is 8. The van der Waals surface area contributed by atoms with E-state index < -0.39 is 0 Å². The first kappa shape index (κ1) is 45.6. The van der Waals surface area contributed by atoms with Crippen LogP contribution in [-0.2, 0) is 62.2 Å². The van der Waals surface area contributed by atoms with Gasteiger partial charge in [0.25, 0.3) is 0 Å². The second-order valence-corrected chi connectivity index (χ2v) is 11.2. The molecule has 0 saturated heterocycles. The summed E-state index contributed by atoms with van der Waals surface area (Å²) in [6, 6.07) is 7.74. The summed E-state index contributed by atoms with van der Waals surface area (Å²) in [4.78, 5) is 11.0. The van der Waals surface area contributed by atoms with E-state index in [4.69, 9.17) is 0 Å². The Labute approximate surface area is 300 Å². The Kier molecular flexibility index (Phi) is 29.6. The van der Waals surface area contributed by atoms with Crippen LogP contribution in [0.3, 0.4) is 0 Å². The molecule has 10 heteroatoms. The summed E-state index contributed by atoms with van der Waals surface area (Å²) in [5, 5.41) is 36.8. The summed E-state index contributed by atoms with van der Waals surface area (Å²) in [7, 11) is 0. The van der Waals surface area contributed by atoms with E-state index in [2.05, 4.69) is 47.6 Å². The van der Waals surface area contributed by atoms with Crippen LogP contribution in [0.4, 0.5) is 0 Å². The third-order valence-electron chi connectivity index (χ3n) is 7.43. The standard InChI is InChI=1S/4C9H15NO.Mn.Zn/c4*1-2-3-4-5-8-6-7-10-9(8)11;;/h4*6-7,10-11H,2-5H2,1H3;;. The summed E-state index contributed by atoms with van der Waals surface area (Å²) in [5.74, 6) is 1.34. The molecule has 4 aromatic heterocycles. The van der Waals surface area contributed by atoms with E-state index in [1.54, 1.807) is 24.8 Å². The Morgan fingerprint density at radius 1 is 0.391 bits per heavy atom. The van der Waals surface area contributed by atoms with Crippen molar-refractivity contribution in [1.82, 2.24) is 19.9 Å². The molecule has 4 aromatic rings. The minimum Gasteiger partial charge on any atom is -0.494 e. The zero-order chi connectivity index (χ0) is 32.4. The first-order chi connectivity index (χ1) is 21.4. The van der Waals surface area contributed by atoms with E-state index in [0.717, 1.165) is 47.9 Å². The zero-order valence-electron chi connectivity index (χ0n) is 28.8. The van der Waals surface area contributed by atoms with E-state index in [-0.39, 0.29) is 36.5 Å². The van der Waals surface area contributed by atoms with Crippen LogP contribution in [0.1, 0.15) is 127 Å². The fourth-order valence-electron chi connectivity index (χ4n) is 4.64. The molecule has 0 aromatic carbocycles. The van der Waals surface area contributed by atoms with Crippen molar-refractivity contribution in [3.8, 4) is 23.5 Å². The van der Waals surface area contributed by atoms with Crippen molar-refractivity contribution in [3.63, 3.8) is 0 Å². The van der Waals surface area contributed by atoms with E-state index in [1.165, 1.54) is 77.0 Å². The van der Waals surface area contributed by atoms with E-state index >= 15 is 0 Å². The Balaban J connectivity index is 0. The van der Waals surface area contributed by atoms with Gasteiger partial charge in [0, 0.05) is 83.6 Å². The van der Waals surface area contributed by atoms with Gasteiger partial charge < -0.3 is 40.4 Å². The van der Waals surface area contributed by atoms with Crippen LogP contribution in [0.25, 0.3) is 0 Å². The minimum atomic E-state index is 0. The van der Waals surface area contributed by atoms with Crippen LogP contribution in [0.15, 0.2) is 49.1 Å². The molecule has 0 fully saturated rings. The molecule has 4 heterocycles. The molecule has 4 rings (SSSR count). The molecule has 0 aliphatic heterocycles. The van der Waals surface area contributed by atoms with Crippen molar-refractivity contribution in [2.75, 3.05) is 0 Å². The third-order valence-corrected chi connectivity index (χ3v) is 7.43. The van der Waals surface area contributed by atoms with Crippen molar-refractivity contribution in [2.24, 2.45) is 0 Å². The van der Waals surface area contributed by atoms with Gasteiger partial charge in [-0.05, 0) is 75.6 Å². The topological polar surface area (TPSA) is 144 Å².